The molecule has 3 aromatic rings. The quantitative estimate of drug-likeness (QED) is 0.544. The van der Waals surface area contributed by atoms with Gasteiger partial charge in [0.15, 0.2) is 0 Å². The third-order valence-electron chi connectivity index (χ3n) is 5.77. The van der Waals surface area contributed by atoms with Crippen molar-refractivity contribution < 1.29 is 19.4 Å². The standard InChI is InChI=1S/C25H27BrN2O4/c1-27(15-18-13-19(26)7-8-23(18)31-2)16-22-20-6-4-3-5-17(20)14-21(24(22)29)25(30)28-9-11-32-12-10-28/h3-8,13-14,29H,9-12,15-16H2,1-2H3. The highest BCUT2D eigenvalue weighted by Gasteiger charge is 2.24. The SMILES string of the molecule is COc1ccc(Br)cc1CN(C)Cc1c(O)c(C(=O)N2CCOCC2)cc2ccccc12. The minimum Gasteiger partial charge on any atom is -0.507 e. The van der Waals surface area contributed by atoms with Crippen LogP contribution in [0.2, 0.25) is 0 Å². The summed E-state index contributed by atoms with van der Waals surface area (Å²) in [5.41, 5.74) is 2.12. The predicted octanol–water partition coefficient (Wildman–Crippen LogP) is 4.42. The molecular weight excluding hydrogens is 472 g/mol. The second kappa shape index (κ2) is 9.90. The van der Waals surface area contributed by atoms with Gasteiger partial charge < -0.3 is 19.5 Å². The molecule has 1 heterocycles. The number of methoxy groups -OCH3 is 1. The number of nitrogens with zero attached hydrogens (tertiary/aromatic N) is 2. The van der Waals surface area contributed by atoms with E-state index in [9.17, 15) is 9.90 Å². The number of hydrogen-bond acceptors (Lipinski definition) is 5. The summed E-state index contributed by atoms with van der Waals surface area (Å²) in [5, 5.41) is 13.1. The van der Waals surface area contributed by atoms with Crippen molar-refractivity contribution in [1.29, 1.82) is 0 Å². The van der Waals surface area contributed by atoms with Gasteiger partial charge in [-0.15, -0.1) is 0 Å². The number of halogens is 1. The largest absolute Gasteiger partial charge is 0.507 e. The fourth-order valence-electron chi connectivity index (χ4n) is 4.16. The van der Waals surface area contributed by atoms with E-state index in [0.717, 1.165) is 32.1 Å². The van der Waals surface area contributed by atoms with Gasteiger partial charge in [-0.2, -0.15) is 0 Å². The van der Waals surface area contributed by atoms with Crippen molar-refractivity contribution in [2.45, 2.75) is 13.1 Å². The van der Waals surface area contributed by atoms with Gasteiger partial charge in [-0.05, 0) is 42.1 Å². The summed E-state index contributed by atoms with van der Waals surface area (Å²) in [6.45, 7) is 3.20. The van der Waals surface area contributed by atoms with E-state index < -0.39 is 0 Å². The van der Waals surface area contributed by atoms with Crippen molar-refractivity contribution >= 4 is 32.6 Å². The number of benzene rings is 3. The van der Waals surface area contributed by atoms with Gasteiger partial charge >= 0.3 is 0 Å². The Bertz CT molecular complexity index is 1130. The zero-order valence-electron chi connectivity index (χ0n) is 18.3. The van der Waals surface area contributed by atoms with Crippen LogP contribution in [-0.4, -0.2) is 61.3 Å². The average molecular weight is 499 g/mol. The zero-order chi connectivity index (χ0) is 22.7. The topological polar surface area (TPSA) is 62.2 Å². The monoisotopic (exact) mass is 498 g/mol. The summed E-state index contributed by atoms with van der Waals surface area (Å²) in [6, 6.07) is 15.6. The van der Waals surface area contributed by atoms with E-state index in [0.29, 0.717) is 45.0 Å². The molecule has 7 heteroatoms. The maximum absolute atomic E-state index is 13.2. The molecular formula is C25H27BrN2O4. The first-order valence-corrected chi connectivity index (χ1v) is 11.4. The van der Waals surface area contributed by atoms with Crippen LogP contribution in [-0.2, 0) is 17.8 Å². The molecule has 1 saturated heterocycles. The molecule has 0 unspecified atom stereocenters. The maximum Gasteiger partial charge on any atom is 0.257 e. The van der Waals surface area contributed by atoms with Gasteiger partial charge in [-0.1, -0.05) is 40.2 Å². The average Bonchev–Trinajstić information content (AvgIpc) is 2.81. The van der Waals surface area contributed by atoms with Crippen molar-refractivity contribution in [3.05, 3.63) is 69.7 Å². The summed E-state index contributed by atoms with van der Waals surface area (Å²) >= 11 is 3.52. The van der Waals surface area contributed by atoms with Crippen molar-refractivity contribution in [3.63, 3.8) is 0 Å². The lowest BCUT2D eigenvalue weighted by Crippen LogP contribution is -2.40. The smallest absolute Gasteiger partial charge is 0.257 e. The van der Waals surface area contributed by atoms with E-state index in [1.807, 2.05) is 49.5 Å². The van der Waals surface area contributed by atoms with Crippen LogP contribution in [0.4, 0.5) is 0 Å². The lowest BCUT2D eigenvalue weighted by Gasteiger charge is -2.28. The van der Waals surface area contributed by atoms with Crippen molar-refractivity contribution in [1.82, 2.24) is 9.80 Å². The van der Waals surface area contributed by atoms with Crippen LogP contribution in [0.5, 0.6) is 11.5 Å². The minimum atomic E-state index is -0.158. The summed E-state index contributed by atoms with van der Waals surface area (Å²) < 4.78 is 11.9. The molecule has 0 spiro atoms. The van der Waals surface area contributed by atoms with E-state index in [1.54, 1.807) is 18.1 Å². The zero-order valence-corrected chi connectivity index (χ0v) is 19.9. The number of fused-ring (bicyclic) bond motifs is 1. The second-order valence-corrected chi connectivity index (χ2v) is 8.92. The van der Waals surface area contributed by atoms with Gasteiger partial charge in [0.1, 0.15) is 11.5 Å². The van der Waals surface area contributed by atoms with Gasteiger partial charge in [0.2, 0.25) is 0 Å². The van der Waals surface area contributed by atoms with E-state index >= 15 is 0 Å². The molecule has 0 aliphatic carbocycles. The van der Waals surface area contributed by atoms with Crippen LogP contribution in [0.1, 0.15) is 21.5 Å². The van der Waals surface area contributed by atoms with Gasteiger partial charge in [-0.3, -0.25) is 9.69 Å². The lowest BCUT2D eigenvalue weighted by molar-refractivity contribution is 0.0301. The molecule has 6 nitrogen and oxygen atoms in total. The van der Waals surface area contributed by atoms with Crippen LogP contribution in [0.15, 0.2) is 53.0 Å². The van der Waals surface area contributed by atoms with Crippen LogP contribution in [0.3, 0.4) is 0 Å². The first-order chi connectivity index (χ1) is 15.5. The molecule has 1 N–H and O–H groups in total. The van der Waals surface area contributed by atoms with Gasteiger partial charge in [0, 0.05) is 41.8 Å². The maximum atomic E-state index is 13.2. The van der Waals surface area contributed by atoms with Crippen molar-refractivity contribution in [2.24, 2.45) is 0 Å². The molecule has 3 aromatic carbocycles. The van der Waals surface area contributed by atoms with E-state index in [-0.39, 0.29) is 11.7 Å². The Hall–Kier alpha value is -2.61. The van der Waals surface area contributed by atoms with Crippen LogP contribution >= 0.6 is 15.9 Å². The first kappa shape index (κ1) is 22.6. The Morgan fingerprint density at radius 1 is 1.16 bits per heavy atom. The molecule has 1 aliphatic rings. The summed E-state index contributed by atoms with van der Waals surface area (Å²) in [7, 11) is 3.65. The number of aromatic hydroxyl groups is 1. The van der Waals surface area contributed by atoms with Crippen molar-refractivity contribution in [2.75, 3.05) is 40.5 Å². The third kappa shape index (κ3) is 4.75. The molecule has 0 bridgehead atoms. The number of phenolic OH excluding ortho intramolecular Hbond substituents is 1. The van der Waals surface area contributed by atoms with Crippen LogP contribution < -0.4 is 4.74 Å². The Kier molecular flexibility index (Phi) is 6.98. The predicted molar refractivity (Wildman–Crippen MR) is 128 cm³/mol. The van der Waals surface area contributed by atoms with Gasteiger partial charge in [-0.25, -0.2) is 0 Å². The number of hydrogen-bond donors (Lipinski definition) is 1. The Morgan fingerprint density at radius 3 is 2.66 bits per heavy atom. The number of amides is 1. The van der Waals surface area contributed by atoms with Crippen molar-refractivity contribution in [3.8, 4) is 11.5 Å². The third-order valence-corrected chi connectivity index (χ3v) is 6.26. The summed E-state index contributed by atoms with van der Waals surface area (Å²) in [6.07, 6.45) is 0. The fourth-order valence-corrected chi connectivity index (χ4v) is 4.57. The van der Waals surface area contributed by atoms with Gasteiger partial charge in [0.25, 0.3) is 5.91 Å². The molecule has 0 aromatic heterocycles. The molecule has 1 fully saturated rings. The highest BCUT2D eigenvalue weighted by molar-refractivity contribution is 9.10. The first-order valence-electron chi connectivity index (χ1n) is 10.6. The van der Waals surface area contributed by atoms with Gasteiger partial charge in [0.05, 0.1) is 25.9 Å². The Labute approximate surface area is 196 Å². The van der Waals surface area contributed by atoms with E-state index in [4.69, 9.17) is 9.47 Å². The fraction of sp³-hybridized carbons (Fsp3) is 0.320. The number of phenols is 1. The van der Waals surface area contributed by atoms with E-state index in [1.165, 1.54) is 0 Å². The molecule has 32 heavy (non-hydrogen) atoms. The Balaban J connectivity index is 1.67. The highest BCUT2D eigenvalue weighted by atomic mass is 79.9. The molecule has 0 radical (unpaired) electrons. The number of ether oxygens (including phenoxy) is 2. The summed E-state index contributed by atoms with van der Waals surface area (Å²) in [4.78, 5) is 17.0. The molecule has 1 amide bonds. The number of morpholine rings is 1. The lowest BCUT2D eigenvalue weighted by atomic mass is 9.97. The highest BCUT2D eigenvalue weighted by Crippen LogP contribution is 2.34. The summed E-state index contributed by atoms with van der Waals surface area (Å²) in [5.74, 6) is 0.702. The molecule has 4 rings (SSSR count). The normalized spacial score (nSPS) is 14.2. The molecule has 168 valence electrons. The number of rotatable bonds is 6. The number of carbonyl (C=O) groups excluding carboxylic acids is 1. The minimum absolute atomic E-state index is 0.0493. The molecule has 1 aliphatic heterocycles. The van der Waals surface area contributed by atoms with Crippen LogP contribution in [0, 0.1) is 0 Å². The molecule has 0 atom stereocenters. The number of carbonyl (C=O) groups is 1. The second-order valence-electron chi connectivity index (χ2n) is 8.01. The molecule has 0 saturated carbocycles. The van der Waals surface area contributed by atoms with E-state index in [2.05, 4.69) is 20.8 Å². The Morgan fingerprint density at radius 2 is 1.91 bits per heavy atom. The van der Waals surface area contributed by atoms with Crippen LogP contribution in [0.25, 0.3) is 10.8 Å².